The van der Waals surface area contributed by atoms with Crippen LogP contribution in [0, 0.1) is 0 Å². The molecular weight excluding hydrogens is 839 g/mol. The normalized spacial score (nSPS) is 20.4. The fraction of sp³-hybridized carbons (Fsp3) is 0.440. The van der Waals surface area contributed by atoms with Crippen LogP contribution in [0.25, 0.3) is 22.2 Å². The second-order valence-corrected chi connectivity index (χ2v) is 17.5. The Morgan fingerprint density at radius 1 is 0.773 bits per heavy atom. The molecule has 66 heavy (non-hydrogen) atoms. The molecule has 4 aliphatic rings. The predicted molar refractivity (Wildman–Crippen MR) is 249 cm³/mol. The monoisotopic (exact) mass is 897 g/mol. The number of fused-ring (bicyclic) bond motifs is 2. The number of amides is 4. The molecule has 4 N–H and O–H groups in total. The summed E-state index contributed by atoms with van der Waals surface area (Å²) < 4.78 is 19.9. The molecule has 5 heterocycles. The summed E-state index contributed by atoms with van der Waals surface area (Å²) in [4.78, 5) is 66.8. The number of piperidine rings is 1. The molecule has 16 nitrogen and oxygen atoms in total. The molecule has 16 heteroatoms. The van der Waals surface area contributed by atoms with E-state index < -0.39 is 17.9 Å². The number of hydrogen-bond donors (Lipinski definition) is 3. The highest BCUT2D eigenvalue weighted by molar-refractivity contribution is 6.23. The highest BCUT2D eigenvalue weighted by Gasteiger charge is 2.44. The van der Waals surface area contributed by atoms with Gasteiger partial charge in [-0.15, -0.1) is 0 Å². The SMILES string of the molecule is Nc1ncnc2c1c(-c1ccc(Oc3ccccc3)cc1)cn2C1CCC(N2CCN(CCOCCOCCNC(=O)CCc3cccc4c3C(=O)N(C3CCCNC3=O)C4=O)CC2)CC1. The van der Waals surface area contributed by atoms with Gasteiger partial charge < -0.3 is 35.1 Å². The Morgan fingerprint density at radius 2 is 1.52 bits per heavy atom. The topological polar surface area (TPSA) is 186 Å². The van der Waals surface area contributed by atoms with E-state index >= 15 is 0 Å². The molecule has 3 aliphatic heterocycles. The van der Waals surface area contributed by atoms with Crippen LogP contribution in [0.15, 0.2) is 85.3 Å². The van der Waals surface area contributed by atoms with Crippen molar-refractivity contribution >= 4 is 40.5 Å². The van der Waals surface area contributed by atoms with Crippen molar-refractivity contribution in [3.05, 3.63) is 102 Å². The zero-order valence-corrected chi connectivity index (χ0v) is 37.4. The molecule has 5 aromatic rings. The molecular formula is C50H59N9O7. The van der Waals surface area contributed by atoms with Crippen LogP contribution in [-0.2, 0) is 25.5 Å². The van der Waals surface area contributed by atoms with Crippen LogP contribution in [0.1, 0.15) is 77.3 Å². The zero-order valence-electron chi connectivity index (χ0n) is 37.4. The number of nitrogens with zero attached hydrogens (tertiary/aromatic N) is 6. The van der Waals surface area contributed by atoms with E-state index in [9.17, 15) is 19.2 Å². The summed E-state index contributed by atoms with van der Waals surface area (Å²) in [5.74, 6) is 0.666. The Balaban J connectivity index is 0.640. The molecule has 9 rings (SSSR count). The molecule has 2 aromatic heterocycles. The van der Waals surface area contributed by atoms with Gasteiger partial charge in [0.1, 0.15) is 35.3 Å². The highest BCUT2D eigenvalue weighted by atomic mass is 16.5. The first-order chi connectivity index (χ1) is 32.3. The molecule has 3 aromatic carbocycles. The van der Waals surface area contributed by atoms with E-state index in [1.165, 1.54) is 0 Å². The number of para-hydroxylation sites is 1. The van der Waals surface area contributed by atoms with E-state index in [1.807, 2.05) is 42.5 Å². The molecule has 4 amide bonds. The Morgan fingerprint density at radius 3 is 2.29 bits per heavy atom. The van der Waals surface area contributed by atoms with Crippen molar-refractivity contribution < 1.29 is 33.4 Å². The van der Waals surface area contributed by atoms with Gasteiger partial charge in [-0.3, -0.25) is 33.9 Å². The third-order valence-electron chi connectivity index (χ3n) is 13.5. The minimum Gasteiger partial charge on any atom is -0.457 e. The van der Waals surface area contributed by atoms with E-state index in [1.54, 1.807) is 24.5 Å². The third-order valence-corrected chi connectivity index (χ3v) is 13.5. The standard InChI is InChI=1S/C50H59N9O7/c51-46-45-41(34-11-18-39(19-12-34)66-38-7-2-1-3-8-38)32-58(47(45)55-33-54-46)37-16-14-36(15-17-37)57-25-23-56(24-26-57)27-29-65-31-30-64-28-22-52-43(60)20-13-35-6-4-9-40-44(35)50(63)59(49(40)62)42-10-5-21-53-48(42)61/h1-4,6-9,11-12,18-19,32-33,36-37,42H,5,10,13-17,20-31H2,(H,52,60)(H,53,61)(H2,51,54,55). The van der Waals surface area contributed by atoms with Gasteiger partial charge in [0, 0.05) is 76.1 Å². The number of anilines is 1. The number of nitrogen functional groups attached to an aromatic ring is 1. The average molecular weight is 898 g/mol. The summed E-state index contributed by atoms with van der Waals surface area (Å²) in [5, 5.41) is 6.51. The molecule has 1 saturated carbocycles. The molecule has 0 radical (unpaired) electrons. The number of rotatable bonds is 18. The molecule has 3 fully saturated rings. The van der Waals surface area contributed by atoms with E-state index in [4.69, 9.17) is 24.9 Å². The highest BCUT2D eigenvalue weighted by Crippen LogP contribution is 2.40. The lowest BCUT2D eigenvalue weighted by Gasteiger charge is -2.42. The Kier molecular flexibility index (Phi) is 14.3. The maximum absolute atomic E-state index is 13.3. The van der Waals surface area contributed by atoms with Gasteiger partial charge >= 0.3 is 0 Å². The molecule has 0 bridgehead atoms. The second-order valence-electron chi connectivity index (χ2n) is 17.5. The number of carbonyl (C=O) groups is 4. The van der Waals surface area contributed by atoms with Crippen molar-refractivity contribution in [1.82, 2.24) is 39.9 Å². The average Bonchev–Trinajstić information content (AvgIpc) is 3.86. The number of aryl methyl sites for hydroxylation is 1. The number of benzene rings is 3. The first kappa shape index (κ1) is 45.0. The van der Waals surface area contributed by atoms with Crippen LogP contribution >= 0.6 is 0 Å². The Hall–Kier alpha value is -6.20. The number of aromatic nitrogens is 3. The molecule has 1 aliphatic carbocycles. The van der Waals surface area contributed by atoms with Crippen molar-refractivity contribution in [2.75, 3.05) is 78.0 Å². The van der Waals surface area contributed by atoms with Crippen molar-refractivity contribution in [2.45, 2.75) is 69.5 Å². The summed E-state index contributed by atoms with van der Waals surface area (Å²) in [7, 11) is 0. The number of ether oxygens (including phenoxy) is 3. The van der Waals surface area contributed by atoms with Gasteiger partial charge in [-0.2, -0.15) is 0 Å². The first-order valence-corrected chi connectivity index (χ1v) is 23.4. The summed E-state index contributed by atoms with van der Waals surface area (Å²) in [6.45, 7) is 7.85. The van der Waals surface area contributed by atoms with Gasteiger partial charge in [0.05, 0.1) is 42.9 Å². The number of nitrogens with two attached hydrogens (primary N) is 1. The van der Waals surface area contributed by atoms with Gasteiger partial charge in [0.2, 0.25) is 11.8 Å². The van der Waals surface area contributed by atoms with Gasteiger partial charge in [0.15, 0.2) is 0 Å². The zero-order chi connectivity index (χ0) is 45.4. The fourth-order valence-corrected chi connectivity index (χ4v) is 9.97. The van der Waals surface area contributed by atoms with E-state index in [-0.39, 0.29) is 23.8 Å². The molecule has 346 valence electrons. The van der Waals surface area contributed by atoms with Crippen molar-refractivity contribution in [3.8, 4) is 22.6 Å². The molecule has 1 unspecified atom stereocenters. The minimum absolute atomic E-state index is 0.156. The van der Waals surface area contributed by atoms with Crippen molar-refractivity contribution in [1.29, 1.82) is 0 Å². The smallest absolute Gasteiger partial charge is 0.262 e. The third kappa shape index (κ3) is 10.1. The number of carbonyl (C=O) groups excluding carboxylic acids is 4. The van der Waals surface area contributed by atoms with E-state index in [0.717, 1.165) is 97.0 Å². The number of hydrogen-bond acceptors (Lipinski definition) is 12. The summed E-state index contributed by atoms with van der Waals surface area (Å²) >= 11 is 0. The number of piperazine rings is 1. The summed E-state index contributed by atoms with van der Waals surface area (Å²) in [5.41, 5.74) is 10.7. The lowest BCUT2D eigenvalue weighted by molar-refractivity contribution is -0.126. The largest absolute Gasteiger partial charge is 0.457 e. The maximum atomic E-state index is 13.3. The van der Waals surface area contributed by atoms with Crippen LogP contribution in [0.2, 0.25) is 0 Å². The van der Waals surface area contributed by atoms with Gasteiger partial charge in [-0.25, -0.2) is 9.97 Å². The first-order valence-electron chi connectivity index (χ1n) is 23.4. The van der Waals surface area contributed by atoms with Crippen LogP contribution in [0.4, 0.5) is 5.82 Å². The van der Waals surface area contributed by atoms with Crippen LogP contribution < -0.4 is 21.1 Å². The number of nitrogens with one attached hydrogen (secondary N) is 2. The molecule has 2 saturated heterocycles. The molecule has 0 spiro atoms. The van der Waals surface area contributed by atoms with Gasteiger partial charge in [0.25, 0.3) is 11.8 Å². The summed E-state index contributed by atoms with van der Waals surface area (Å²) in [6, 6.07) is 23.1. The van der Waals surface area contributed by atoms with Crippen molar-refractivity contribution in [2.24, 2.45) is 0 Å². The quantitative estimate of drug-likeness (QED) is 0.0770. The van der Waals surface area contributed by atoms with Crippen LogP contribution in [0.3, 0.4) is 0 Å². The predicted octanol–water partition coefficient (Wildman–Crippen LogP) is 5.23. The van der Waals surface area contributed by atoms with Crippen LogP contribution in [-0.4, -0.2) is 137 Å². The number of imide groups is 1. The van der Waals surface area contributed by atoms with Gasteiger partial charge in [-0.1, -0.05) is 42.5 Å². The van der Waals surface area contributed by atoms with E-state index in [0.29, 0.717) is 87.8 Å². The Bertz CT molecular complexity index is 2500. The van der Waals surface area contributed by atoms with Gasteiger partial charge in [-0.05, 0) is 86.4 Å². The van der Waals surface area contributed by atoms with E-state index in [2.05, 4.69) is 48.3 Å². The Labute approximate surface area is 384 Å². The molecule has 1 atom stereocenters. The lowest BCUT2D eigenvalue weighted by Crippen LogP contribution is -2.52. The van der Waals surface area contributed by atoms with Crippen molar-refractivity contribution in [3.63, 3.8) is 0 Å². The lowest BCUT2D eigenvalue weighted by atomic mass is 9.89. The maximum Gasteiger partial charge on any atom is 0.262 e. The minimum atomic E-state index is -0.802. The van der Waals surface area contributed by atoms with Crippen LogP contribution in [0.5, 0.6) is 11.5 Å². The fourth-order valence-electron chi connectivity index (χ4n) is 9.97. The second kappa shape index (κ2) is 21.0. The summed E-state index contributed by atoms with van der Waals surface area (Å²) in [6.07, 6.45) is 9.83.